The van der Waals surface area contributed by atoms with Crippen LogP contribution in [0.5, 0.6) is 0 Å². The van der Waals surface area contributed by atoms with Crippen LogP contribution in [0, 0.1) is 5.82 Å². The zero-order valence-corrected chi connectivity index (χ0v) is 10.8. The number of nitrogens with zero attached hydrogens (tertiary/aromatic N) is 1. The van der Waals surface area contributed by atoms with E-state index >= 15 is 0 Å². The standard InChI is InChI=1S/C13H18ClFN2/c1-2-10-9-17(8-4-7-16-10)12-6-3-5-11(14)13(12)15/h3,5-6,10,16H,2,4,7-9H2,1H3. The van der Waals surface area contributed by atoms with Crippen molar-refractivity contribution in [1.29, 1.82) is 0 Å². The van der Waals surface area contributed by atoms with Crippen molar-refractivity contribution in [2.24, 2.45) is 0 Å². The Balaban J connectivity index is 2.22. The molecule has 0 aliphatic carbocycles. The van der Waals surface area contributed by atoms with Gasteiger partial charge in [-0.2, -0.15) is 0 Å². The van der Waals surface area contributed by atoms with E-state index in [1.807, 2.05) is 0 Å². The molecule has 2 rings (SSSR count). The molecule has 0 bridgehead atoms. The number of benzene rings is 1. The van der Waals surface area contributed by atoms with E-state index in [1.54, 1.807) is 18.2 Å². The fourth-order valence-electron chi connectivity index (χ4n) is 2.23. The zero-order valence-electron chi connectivity index (χ0n) is 10.0. The highest BCUT2D eigenvalue weighted by molar-refractivity contribution is 6.31. The molecule has 4 heteroatoms. The molecule has 1 N–H and O–H groups in total. The van der Waals surface area contributed by atoms with E-state index in [4.69, 9.17) is 11.6 Å². The third-order valence-corrected chi connectivity index (χ3v) is 3.54. The van der Waals surface area contributed by atoms with Gasteiger partial charge in [-0.1, -0.05) is 24.6 Å². The van der Waals surface area contributed by atoms with Gasteiger partial charge >= 0.3 is 0 Å². The topological polar surface area (TPSA) is 15.3 Å². The van der Waals surface area contributed by atoms with Crippen molar-refractivity contribution < 1.29 is 4.39 Å². The number of nitrogens with one attached hydrogen (secondary N) is 1. The average molecular weight is 257 g/mol. The van der Waals surface area contributed by atoms with Gasteiger partial charge in [-0.05, 0) is 31.5 Å². The van der Waals surface area contributed by atoms with Crippen molar-refractivity contribution in [2.45, 2.75) is 25.8 Å². The summed E-state index contributed by atoms with van der Waals surface area (Å²) in [6.07, 6.45) is 2.08. The molecule has 1 fully saturated rings. The number of hydrogen-bond donors (Lipinski definition) is 1. The molecule has 1 aromatic carbocycles. The van der Waals surface area contributed by atoms with E-state index in [1.165, 1.54) is 0 Å². The molecule has 0 radical (unpaired) electrons. The van der Waals surface area contributed by atoms with Gasteiger partial charge in [0.25, 0.3) is 0 Å². The van der Waals surface area contributed by atoms with Gasteiger partial charge in [0.1, 0.15) is 0 Å². The summed E-state index contributed by atoms with van der Waals surface area (Å²) >= 11 is 5.83. The minimum absolute atomic E-state index is 0.202. The first kappa shape index (κ1) is 12.7. The lowest BCUT2D eigenvalue weighted by molar-refractivity contribution is 0.525. The van der Waals surface area contributed by atoms with E-state index < -0.39 is 0 Å². The second kappa shape index (κ2) is 5.69. The summed E-state index contributed by atoms with van der Waals surface area (Å²) in [5.41, 5.74) is 0.625. The Morgan fingerprint density at radius 1 is 1.53 bits per heavy atom. The van der Waals surface area contributed by atoms with Crippen LogP contribution in [0.25, 0.3) is 0 Å². The van der Waals surface area contributed by atoms with Crippen LogP contribution < -0.4 is 10.2 Å². The predicted molar refractivity (Wildman–Crippen MR) is 70.3 cm³/mol. The first-order chi connectivity index (χ1) is 8.22. The Kier molecular flexibility index (Phi) is 4.24. The van der Waals surface area contributed by atoms with Gasteiger partial charge in [0.15, 0.2) is 5.82 Å². The van der Waals surface area contributed by atoms with Crippen LogP contribution in [-0.2, 0) is 0 Å². The SMILES string of the molecule is CCC1CN(c2cccc(Cl)c2F)CCCN1. The normalized spacial score (nSPS) is 21.4. The molecule has 0 aromatic heterocycles. The summed E-state index contributed by atoms with van der Waals surface area (Å²) in [6, 6.07) is 5.63. The van der Waals surface area contributed by atoms with E-state index in [0.717, 1.165) is 32.5 Å². The summed E-state index contributed by atoms with van der Waals surface area (Å²) in [6.45, 7) is 4.86. The molecule has 1 unspecified atom stereocenters. The second-order valence-electron chi connectivity index (χ2n) is 4.43. The van der Waals surface area contributed by atoms with Gasteiger partial charge in [-0.15, -0.1) is 0 Å². The van der Waals surface area contributed by atoms with Crippen LogP contribution in [0.2, 0.25) is 5.02 Å². The smallest absolute Gasteiger partial charge is 0.165 e. The van der Waals surface area contributed by atoms with E-state index in [2.05, 4.69) is 17.1 Å². The lowest BCUT2D eigenvalue weighted by atomic mass is 10.2. The van der Waals surface area contributed by atoms with Gasteiger partial charge < -0.3 is 10.2 Å². The maximum atomic E-state index is 14.0. The zero-order chi connectivity index (χ0) is 12.3. The molecule has 94 valence electrons. The molecule has 2 nitrogen and oxygen atoms in total. The molecule has 0 saturated carbocycles. The Hall–Kier alpha value is -0.800. The van der Waals surface area contributed by atoms with Crippen molar-refractivity contribution in [2.75, 3.05) is 24.5 Å². The molecule has 1 aromatic rings. The highest BCUT2D eigenvalue weighted by atomic mass is 35.5. The van der Waals surface area contributed by atoms with Gasteiger partial charge in [0, 0.05) is 19.1 Å². The minimum Gasteiger partial charge on any atom is -0.368 e. The highest BCUT2D eigenvalue weighted by Gasteiger charge is 2.19. The highest BCUT2D eigenvalue weighted by Crippen LogP contribution is 2.26. The van der Waals surface area contributed by atoms with E-state index in [-0.39, 0.29) is 10.8 Å². The molecular formula is C13H18ClFN2. The summed E-state index contributed by atoms with van der Waals surface area (Å²) in [4.78, 5) is 2.09. The van der Waals surface area contributed by atoms with Crippen LogP contribution in [0.4, 0.5) is 10.1 Å². The molecule has 0 amide bonds. The maximum absolute atomic E-state index is 14.0. The number of anilines is 1. The first-order valence-corrected chi connectivity index (χ1v) is 6.52. The number of hydrogen-bond acceptors (Lipinski definition) is 2. The van der Waals surface area contributed by atoms with Crippen molar-refractivity contribution >= 4 is 17.3 Å². The number of rotatable bonds is 2. The molecule has 17 heavy (non-hydrogen) atoms. The van der Waals surface area contributed by atoms with Crippen molar-refractivity contribution in [3.05, 3.63) is 29.0 Å². The Morgan fingerprint density at radius 2 is 2.35 bits per heavy atom. The quantitative estimate of drug-likeness (QED) is 0.875. The first-order valence-electron chi connectivity index (χ1n) is 6.14. The van der Waals surface area contributed by atoms with Crippen LogP contribution in [0.1, 0.15) is 19.8 Å². The fraction of sp³-hybridized carbons (Fsp3) is 0.538. The summed E-state index contributed by atoms with van der Waals surface area (Å²) < 4.78 is 14.0. The predicted octanol–water partition coefficient (Wildman–Crippen LogP) is 3.06. The fourth-order valence-corrected chi connectivity index (χ4v) is 2.40. The molecule has 1 saturated heterocycles. The molecule has 0 spiro atoms. The van der Waals surface area contributed by atoms with Gasteiger partial charge in [-0.3, -0.25) is 0 Å². The van der Waals surface area contributed by atoms with E-state index in [0.29, 0.717) is 11.7 Å². The monoisotopic (exact) mass is 256 g/mol. The molecule has 1 aliphatic heterocycles. The van der Waals surface area contributed by atoms with Crippen LogP contribution in [-0.4, -0.2) is 25.7 Å². The average Bonchev–Trinajstić information content (AvgIpc) is 2.58. The number of halogens is 2. The van der Waals surface area contributed by atoms with Crippen LogP contribution >= 0.6 is 11.6 Å². The molecule has 1 heterocycles. The summed E-state index contributed by atoms with van der Waals surface area (Å²) in [7, 11) is 0. The van der Waals surface area contributed by atoms with Gasteiger partial charge in [0.05, 0.1) is 10.7 Å². The van der Waals surface area contributed by atoms with Crippen molar-refractivity contribution in [3.8, 4) is 0 Å². The van der Waals surface area contributed by atoms with Crippen LogP contribution in [0.15, 0.2) is 18.2 Å². The Labute approximate surface area is 107 Å². The van der Waals surface area contributed by atoms with Gasteiger partial charge in [0.2, 0.25) is 0 Å². The van der Waals surface area contributed by atoms with Crippen molar-refractivity contribution in [1.82, 2.24) is 5.32 Å². The third kappa shape index (κ3) is 2.90. The lowest BCUT2D eigenvalue weighted by Gasteiger charge is -2.26. The van der Waals surface area contributed by atoms with Crippen molar-refractivity contribution in [3.63, 3.8) is 0 Å². The maximum Gasteiger partial charge on any atom is 0.165 e. The summed E-state index contributed by atoms with van der Waals surface area (Å²) in [5.74, 6) is -0.300. The molecular weight excluding hydrogens is 239 g/mol. The molecule has 1 atom stereocenters. The van der Waals surface area contributed by atoms with E-state index in [9.17, 15) is 4.39 Å². The lowest BCUT2D eigenvalue weighted by Crippen LogP contribution is -2.37. The Morgan fingerprint density at radius 3 is 3.12 bits per heavy atom. The summed E-state index contributed by atoms with van der Waals surface area (Å²) in [5, 5.41) is 3.67. The van der Waals surface area contributed by atoms with Crippen LogP contribution in [0.3, 0.4) is 0 Å². The Bertz CT molecular complexity index is 384. The van der Waals surface area contributed by atoms with Gasteiger partial charge in [-0.25, -0.2) is 4.39 Å². The minimum atomic E-state index is -0.300. The largest absolute Gasteiger partial charge is 0.368 e. The second-order valence-corrected chi connectivity index (χ2v) is 4.84. The molecule has 1 aliphatic rings. The third-order valence-electron chi connectivity index (χ3n) is 3.24.